The van der Waals surface area contributed by atoms with Gasteiger partial charge in [0, 0.05) is 32.0 Å². The number of aliphatic carboxylic acids is 1. The molecule has 38 heavy (non-hydrogen) atoms. The second kappa shape index (κ2) is 14.9. The van der Waals surface area contributed by atoms with Gasteiger partial charge in [0.2, 0.25) is 5.91 Å². The number of carbonyl (C=O) groups is 2. The first-order chi connectivity index (χ1) is 18.4. The lowest BCUT2D eigenvalue weighted by atomic mass is 9.99. The summed E-state index contributed by atoms with van der Waals surface area (Å²) in [5, 5.41) is 9.08. The van der Waals surface area contributed by atoms with E-state index < -0.39 is 5.97 Å². The quantitative estimate of drug-likeness (QED) is 0.212. The van der Waals surface area contributed by atoms with Crippen LogP contribution in [0.15, 0.2) is 66.7 Å². The monoisotopic (exact) mass is 519 g/mol. The van der Waals surface area contributed by atoms with Crippen LogP contribution in [-0.4, -0.2) is 28.9 Å². The summed E-state index contributed by atoms with van der Waals surface area (Å²) in [7, 11) is 1.84. The van der Waals surface area contributed by atoms with Crippen LogP contribution in [0.3, 0.4) is 0 Å². The number of carboxylic acids is 1. The Kier molecular flexibility index (Phi) is 11.3. The van der Waals surface area contributed by atoms with Crippen LogP contribution in [0.25, 0.3) is 11.1 Å². The van der Waals surface area contributed by atoms with E-state index in [2.05, 4.69) is 6.92 Å². The van der Waals surface area contributed by atoms with E-state index in [0.29, 0.717) is 30.7 Å². The second-order valence-corrected chi connectivity index (χ2v) is 9.76. The number of ether oxygens (including phenoxy) is 1. The highest BCUT2D eigenvalue weighted by Crippen LogP contribution is 2.33. The fourth-order valence-electron chi connectivity index (χ4n) is 4.39. The summed E-state index contributed by atoms with van der Waals surface area (Å²) < 4.78 is 19.8. The number of rotatable bonds is 15. The second-order valence-electron chi connectivity index (χ2n) is 9.76. The zero-order chi connectivity index (χ0) is 27.3. The van der Waals surface area contributed by atoms with Crippen LogP contribution in [0.4, 0.5) is 4.39 Å². The molecule has 0 unspecified atom stereocenters. The van der Waals surface area contributed by atoms with Gasteiger partial charge in [0.15, 0.2) is 0 Å². The minimum absolute atomic E-state index is 0.0249. The number of hydrogen-bond donors (Lipinski definition) is 1. The first-order valence-corrected chi connectivity index (χ1v) is 13.4. The highest BCUT2D eigenvalue weighted by molar-refractivity contribution is 5.76. The Morgan fingerprint density at radius 2 is 1.63 bits per heavy atom. The molecule has 0 fully saturated rings. The van der Waals surface area contributed by atoms with E-state index in [9.17, 15) is 14.0 Å². The van der Waals surface area contributed by atoms with Crippen molar-refractivity contribution in [3.05, 3.63) is 89.2 Å². The number of halogens is 1. The zero-order valence-electron chi connectivity index (χ0n) is 22.4. The third kappa shape index (κ3) is 9.33. The first-order valence-electron chi connectivity index (χ1n) is 13.4. The lowest BCUT2D eigenvalue weighted by molar-refractivity contribution is -0.137. The molecule has 1 amide bonds. The standard InChI is InChI=1S/C32H38FNO4/c1-3-4-5-6-7-14-31(35)34(2)22-25-10-8-12-27(19-25)29-17-15-24(16-18-32(36)37)21-30(29)38-23-26-11-9-13-28(33)20-26/h8-13,15,17,19-21H,3-7,14,16,18,22-23H2,1-2H3,(H,36,37). The van der Waals surface area contributed by atoms with Gasteiger partial charge in [-0.3, -0.25) is 9.59 Å². The van der Waals surface area contributed by atoms with Crippen molar-refractivity contribution in [3.63, 3.8) is 0 Å². The molecule has 1 N–H and O–H groups in total. The summed E-state index contributed by atoms with van der Waals surface area (Å²) in [6.07, 6.45) is 6.56. The Morgan fingerprint density at radius 3 is 2.39 bits per heavy atom. The van der Waals surface area contributed by atoms with Gasteiger partial charge in [-0.2, -0.15) is 0 Å². The normalized spacial score (nSPS) is 10.8. The lowest BCUT2D eigenvalue weighted by Crippen LogP contribution is -2.25. The van der Waals surface area contributed by atoms with Crippen molar-refractivity contribution in [2.45, 2.75) is 71.4 Å². The number of carboxylic acid groups (broad SMARTS) is 1. The van der Waals surface area contributed by atoms with Crippen LogP contribution < -0.4 is 4.74 Å². The topological polar surface area (TPSA) is 66.8 Å². The summed E-state index contributed by atoms with van der Waals surface area (Å²) in [6, 6.07) is 20.0. The SMILES string of the molecule is CCCCCCCC(=O)N(C)Cc1cccc(-c2ccc(CCC(=O)O)cc2OCc2cccc(F)c2)c1. The zero-order valence-corrected chi connectivity index (χ0v) is 22.4. The van der Waals surface area contributed by atoms with Crippen molar-refractivity contribution in [2.24, 2.45) is 0 Å². The molecule has 6 heteroatoms. The molecule has 3 rings (SSSR count). The van der Waals surface area contributed by atoms with Gasteiger partial charge in [0.1, 0.15) is 18.2 Å². The Hall–Kier alpha value is -3.67. The number of aryl methyl sites for hydroxylation is 1. The highest BCUT2D eigenvalue weighted by Gasteiger charge is 2.13. The molecule has 0 radical (unpaired) electrons. The van der Waals surface area contributed by atoms with Crippen molar-refractivity contribution < 1.29 is 23.8 Å². The number of amides is 1. The van der Waals surface area contributed by atoms with Gasteiger partial charge in [-0.05, 0) is 59.4 Å². The van der Waals surface area contributed by atoms with E-state index in [1.165, 1.54) is 31.4 Å². The van der Waals surface area contributed by atoms with Crippen LogP contribution in [0.1, 0.15) is 68.6 Å². The number of benzene rings is 3. The molecular weight excluding hydrogens is 481 g/mol. The maximum atomic E-state index is 13.7. The van der Waals surface area contributed by atoms with Gasteiger partial charge < -0.3 is 14.7 Å². The molecule has 5 nitrogen and oxygen atoms in total. The summed E-state index contributed by atoms with van der Waals surface area (Å²) in [4.78, 5) is 25.5. The molecule has 0 bridgehead atoms. The summed E-state index contributed by atoms with van der Waals surface area (Å²) in [5.41, 5.74) is 4.35. The largest absolute Gasteiger partial charge is 0.488 e. The Morgan fingerprint density at radius 1 is 0.868 bits per heavy atom. The molecule has 0 spiro atoms. The van der Waals surface area contributed by atoms with Gasteiger partial charge in [-0.15, -0.1) is 0 Å². The van der Waals surface area contributed by atoms with Gasteiger partial charge >= 0.3 is 5.97 Å². The van der Waals surface area contributed by atoms with Crippen LogP contribution in [0, 0.1) is 5.82 Å². The molecule has 3 aromatic rings. The van der Waals surface area contributed by atoms with Crippen LogP contribution in [0.5, 0.6) is 5.75 Å². The Balaban J connectivity index is 1.75. The Bertz CT molecular complexity index is 1210. The minimum Gasteiger partial charge on any atom is -0.488 e. The predicted molar refractivity (Wildman–Crippen MR) is 148 cm³/mol. The molecule has 0 aliphatic carbocycles. The summed E-state index contributed by atoms with van der Waals surface area (Å²) in [6.45, 7) is 2.88. The first kappa shape index (κ1) is 28.9. The van der Waals surface area contributed by atoms with E-state index in [-0.39, 0.29) is 24.8 Å². The molecular formula is C32H38FNO4. The van der Waals surface area contributed by atoms with Gasteiger partial charge in [0.25, 0.3) is 0 Å². The fourth-order valence-corrected chi connectivity index (χ4v) is 4.39. The molecule has 202 valence electrons. The smallest absolute Gasteiger partial charge is 0.303 e. The van der Waals surface area contributed by atoms with E-state index in [1.54, 1.807) is 17.0 Å². The molecule has 3 aromatic carbocycles. The fraction of sp³-hybridized carbons (Fsp3) is 0.375. The van der Waals surface area contributed by atoms with E-state index in [1.807, 2.05) is 49.5 Å². The van der Waals surface area contributed by atoms with Crippen LogP contribution >= 0.6 is 0 Å². The van der Waals surface area contributed by atoms with E-state index in [0.717, 1.165) is 35.1 Å². The molecule has 0 aliphatic heterocycles. The minimum atomic E-state index is -0.858. The molecule has 0 aromatic heterocycles. The molecule has 0 saturated carbocycles. The average molecular weight is 520 g/mol. The van der Waals surface area contributed by atoms with Crippen molar-refractivity contribution in [2.75, 3.05) is 7.05 Å². The molecule has 0 saturated heterocycles. The van der Waals surface area contributed by atoms with Crippen LogP contribution in [0.2, 0.25) is 0 Å². The van der Waals surface area contributed by atoms with Gasteiger partial charge in [-0.1, -0.05) is 75.1 Å². The number of carbonyl (C=O) groups excluding carboxylic acids is 1. The van der Waals surface area contributed by atoms with Gasteiger partial charge in [0.05, 0.1) is 0 Å². The van der Waals surface area contributed by atoms with Crippen molar-refractivity contribution in [1.82, 2.24) is 4.90 Å². The van der Waals surface area contributed by atoms with E-state index >= 15 is 0 Å². The number of unbranched alkanes of at least 4 members (excludes halogenated alkanes) is 4. The van der Waals surface area contributed by atoms with Crippen LogP contribution in [-0.2, 0) is 29.2 Å². The third-order valence-electron chi connectivity index (χ3n) is 6.53. The van der Waals surface area contributed by atoms with Gasteiger partial charge in [-0.25, -0.2) is 4.39 Å². The third-order valence-corrected chi connectivity index (χ3v) is 6.53. The molecule has 0 aliphatic rings. The lowest BCUT2D eigenvalue weighted by Gasteiger charge is -2.19. The number of nitrogens with zero attached hydrogens (tertiary/aromatic N) is 1. The average Bonchev–Trinajstić information content (AvgIpc) is 2.90. The highest BCUT2D eigenvalue weighted by atomic mass is 19.1. The number of hydrogen-bond acceptors (Lipinski definition) is 3. The molecule has 0 atom stereocenters. The van der Waals surface area contributed by atoms with Crippen molar-refractivity contribution >= 4 is 11.9 Å². The predicted octanol–water partition coefficient (Wildman–Crippen LogP) is 7.41. The maximum Gasteiger partial charge on any atom is 0.303 e. The van der Waals surface area contributed by atoms with Crippen molar-refractivity contribution in [3.8, 4) is 16.9 Å². The Labute approximate surface area is 225 Å². The molecule has 0 heterocycles. The summed E-state index contributed by atoms with van der Waals surface area (Å²) >= 11 is 0. The maximum absolute atomic E-state index is 13.7. The van der Waals surface area contributed by atoms with Crippen molar-refractivity contribution in [1.29, 1.82) is 0 Å². The summed E-state index contributed by atoms with van der Waals surface area (Å²) in [5.74, 6) is -0.433. The van der Waals surface area contributed by atoms with E-state index in [4.69, 9.17) is 9.84 Å².